The summed E-state index contributed by atoms with van der Waals surface area (Å²) in [4.78, 5) is 21.3. The second-order valence-corrected chi connectivity index (χ2v) is 7.16. The highest BCUT2D eigenvalue weighted by Gasteiger charge is 2.16. The average molecular weight is 365 g/mol. The van der Waals surface area contributed by atoms with Crippen LogP contribution in [0.2, 0.25) is 0 Å². The molecule has 2 aromatic heterocycles. The monoisotopic (exact) mass is 365 g/mol. The van der Waals surface area contributed by atoms with Crippen molar-refractivity contribution in [2.24, 2.45) is 18.7 Å². The third kappa shape index (κ3) is 4.34. The highest BCUT2D eigenvalue weighted by molar-refractivity contribution is 5.63. The van der Waals surface area contributed by atoms with Gasteiger partial charge in [0.1, 0.15) is 0 Å². The van der Waals surface area contributed by atoms with Crippen molar-refractivity contribution in [2.75, 3.05) is 11.9 Å². The predicted molar refractivity (Wildman–Crippen MR) is 110 cm³/mol. The molecule has 0 aliphatic heterocycles. The van der Waals surface area contributed by atoms with Crippen LogP contribution in [0.4, 0.5) is 5.95 Å². The van der Waals surface area contributed by atoms with Gasteiger partial charge in [-0.15, -0.1) is 0 Å². The van der Waals surface area contributed by atoms with E-state index in [-0.39, 0.29) is 11.6 Å². The molecule has 1 aliphatic rings. The van der Waals surface area contributed by atoms with Crippen molar-refractivity contribution >= 4 is 5.95 Å². The van der Waals surface area contributed by atoms with E-state index in [2.05, 4.69) is 40.4 Å². The van der Waals surface area contributed by atoms with E-state index in [1.807, 2.05) is 12.1 Å². The number of rotatable bonds is 6. The van der Waals surface area contributed by atoms with Gasteiger partial charge in [0, 0.05) is 43.2 Å². The molecule has 27 heavy (non-hydrogen) atoms. The number of nitrogens with one attached hydrogen (secondary N) is 1. The molecule has 0 aromatic carbocycles. The fourth-order valence-corrected chi connectivity index (χ4v) is 3.32. The number of anilines is 1. The summed E-state index contributed by atoms with van der Waals surface area (Å²) in [6.45, 7) is 4.57. The summed E-state index contributed by atoms with van der Waals surface area (Å²) in [5.74, 6) is 1.06. The number of hydrogen-bond donors (Lipinski definition) is 2. The van der Waals surface area contributed by atoms with Gasteiger partial charge >= 0.3 is 0 Å². The molecule has 1 aliphatic carbocycles. The third-order valence-electron chi connectivity index (χ3n) is 5.06. The zero-order chi connectivity index (χ0) is 19.4. The normalized spacial score (nSPS) is 17.5. The van der Waals surface area contributed by atoms with E-state index in [0.717, 1.165) is 18.4 Å². The Morgan fingerprint density at radius 3 is 2.81 bits per heavy atom. The number of hydrogen-bond acceptors (Lipinski definition) is 5. The molecule has 0 saturated heterocycles. The largest absolute Gasteiger partial charge is 0.354 e. The Morgan fingerprint density at radius 2 is 2.11 bits per heavy atom. The molecule has 142 valence electrons. The summed E-state index contributed by atoms with van der Waals surface area (Å²) in [5, 5.41) is 3.26. The van der Waals surface area contributed by atoms with Crippen LogP contribution in [0, 0.1) is 12.8 Å². The van der Waals surface area contributed by atoms with Gasteiger partial charge in [0.2, 0.25) is 5.95 Å². The van der Waals surface area contributed by atoms with Crippen molar-refractivity contribution < 1.29 is 0 Å². The lowest BCUT2D eigenvalue weighted by Crippen LogP contribution is -2.33. The minimum atomic E-state index is -0.0679. The van der Waals surface area contributed by atoms with Crippen LogP contribution in [0.5, 0.6) is 0 Å². The Labute approximate surface area is 159 Å². The standard InChI is InChI=1S/C21H27N5O/c1-14-6-4-5-7-17(14)12-18(22)13-24-21-25-19(15(2)20(27)26(21)3)16-8-10-23-11-9-16/h4-5,7-11,14,18H,6,12-13,22H2,1-3H3,(H,24,25)/t14?,18-/m0/s1. The second-order valence-electron chi connectivity index (χ2n) is 7.16. The molecule has 0 spiro atoms. The summed E-state index contributed by atoms with van der Waals surface area (Å²) in [7, 11) is 1.73. The molecule has 2 aromatic rings. The maximum absolute atomic E-state index is 12.6. The van der Waals surface area contributed by atoms with E-state index in [0.29, 0.717) is 29.7 Å². The number of allylic oxidation sites excluding steroid dienone is 3. The van der Waals surface area contributed by atoms with Crippen LogP contribution in [0.3, 0.4) is 0 Å². The zero-order valence-corrected chi connectivity index (χ0v) is 16.1. The minimum absolute atomic E-state index is 0.0484. The summed E-state index contributed by atoms with van der Waals surface area (Å²) in [6, 6.07) is 3.66. The molecule has 0 amide bonds. The van der Waals surface area contributed by atoms with Crippen LogP contribution in [0.1, 0.15) is 25.3 Å². The summed E-state index contributed by atoms with van der Waals surface area (Å²) in [6.07, 6.45) is 11.7. The molecule has 2 heterocycles. The maximum Gasteiger partial charge on any atom is 0.258 e. The SMILES string of the molecule is Cc1c(-c2ccncc2)nc(NC[C@@H](N)CC2=CC=CCC2C)n(C)c1=O. The van der Waals surface area contributed by atoms with Crippen LogP contribution < -0.4 is 16.6 Å². The van der Waals surface area contributed by atoms with Gasteiger partial charge in [-0.2, -0.15) is 0 Å². The van der Waals surface area contributed by atoms with Gasteiger partial charge in [0.05, 0.1) is 5.69 Å². The summed E-state index contributed by atoms with van der Waals surface area (Å²) < 4.78 is 1.54. The Kier molecular flexibility index (Phi) is 5.86. The highest BCUT2D eigenvalue weighted by Crippen LogP contribution is 2.24. The minimum Gasteiger partial charge on any atom is -0.354 e. The molecule has 1 unspecified atom stereocenters. The van der Waals surface area contributed by atoms with E-state index in [4.69, 9.17) is 5.73 Å². The molecular formula is C21H27N5O. The van der Waals surface area contributed by atoms with E-state index < -0.39 is 0 Å². The molecular weight excluding hydrogens is 338 g/mol. The lowest BCUT2D eigenvalue weighted by molar-refractivity contribution is 0.592. The van der Waals surface area contributed by atoms with Crippen molar-refractivity contribution in [1.29, 1.82) is 0 Å². The van der Waals surface area contributed by atoms with E-state index >= 15 is 0 Å². The highest BCUT2D eigenvalue weighted by atomic mass is 16.1. The first kappa shape index (κ1) is 19.0. The Bertz CT molecular complexity index is 914. The molecule has 0 saturated carbocycles. The molecule has 3 N–H and O–H groups in total. The molecule has 6 nitrogen and oxygen atoms in total. The van der Waals surface area contributed by atoms with Gasteiger partial charge in [-0.05, 0) is 37.8 Å². The van der Waals surface area contributed by atoms with Crippen molar-refractivity contribution in [3.63, 3.8) is 0 Å². The van der Waals surface area contributed by atoms with E-state index in [9.17, 15) is 4.79 Å². The lowest BCUT2D eigenvalue weighted by Gasteiger charge is -2.22. The first-order valence-electron chi connectivity index (χ1n) is 9.30. The zero-order valence-electron chi connectivity index (χ0n) is 16.1. The number of aromatic nitrogens is 3. The topological polar surface area (TPSA) is 85.8 Å². The van der Waals surface area contributed by atoms with Crippen molar-refractivity contribution in [3.8, 4) is 11.3 Å². The molecule has 6 heteroatoms. The van der Waals surface area contributed by atoms with Gasteiger partial charge in [-0.25, -0.2) is 4.98 Å². The van der Waals surface area contributed by atoms with Gasteiger partial charge in [-0.3, -0.25) is 14.3 Å². The van der Waals surface area contributed by atoms with Crippen molar-refractivity contribution in [1.82, 2.24) is 14.5 Å². The Balaban J connectivity index is 1.77. The van der Waals surface area contributed by atoms with Crippen LogP contribution in [-0.2, 0) is 7.05 Å². The molecule has 0 bridgehead atoms. The van der Waals surface area contributed by atoms with E-state index in [1.165, 1.54) is 10.1 Å². The molecule has 0 radical (unpaired) electrons. The second kappa shape index (κ2) is 8.31. The fraction of sp³-hybridized carbons (Fsp3) is 0.381. The maximum atomic E-state index is 12.6. The van der Waals surface area contributed by atoms with Crippen LogP contribution in [-0.4, -0.2) is 27.1 Å². The van der Waals surface area contributed by atoms with Gasteiger partial charge in [0.25, 0.3) is 5.56 Å². The summed E-state index contributed by atoms with van der Waals surface area (Å²) >= 11 is 0. The van der Waals surface area contributed by atoms with Crippen molar-refractivity contribution in [3.05, 3.63) is 64.2 Å². The van der Waals surface area contributed by atoms with Gasteiger partial charge in [0.15, 0.2) is 0 Å². The van der Waals surface area contributed by atoms with Gasteiger partial charge in [-0.1, -0.05) is 30.7 Å². The van der Waals surface area contributed by atoms with Crippen molar-refractivity contribution in [2.45, 2.75) is 32.7 Å². The lowest BCUT2D eigenvalue weighted by atomic mass is 9.89. The van der Waals surface area contributed by atoms with Crippen LogP contribution in [0.25, 0.3) is 11.3 Å². The molecule has 3 rings (SSSR count). The summed E-state index contributed by atoms with van der Waals surface area (Å²) in [5.41, 5.74) is 9.80. The van der Waals surface area contributed by atoms with Crippen LogP contribution in [0.15, 0.2) is 53.1 Å². The predicted octanol–water partition coefficient (Wildman–Crippen LogP) is 2.80. The first-order valence-corrected chi connectivity index (χ1v) is 9.30. The smallest absolute Gasteiger partial charge is 0.258 e. The Morgan fingerprint density at radius 1 is 1.37 bits per heavy atom. The average Bonchev–Trinajstić information content (AvgIpc) is 2.68. The van der Waals surface area contributed by atoms with E-state index in [1.54, 1.807) is 26.4 Å². The fourth-order valence-electron chi connectivity index (χ4n) is 3.32. The third-order valence-corrected chi connectivity index (χ3v) is 5.06. The molecule has 0 fully saturated rings. The Hall–Kier alpha value is -2.73. The number of nitrogens with two attached hydrogens (primary N) is 1. The number of nitrogens with zero attached hydrogens (tertiary/aromatic N) is 3. The quantitative estimate of drug-likeness (QED) is 0.822. The first-order chi connectivity index (χ1) is 13.0. The van der Waals surface area contributed by atoms with Crippen LogP contribution >= 0.6 is 0 Å². The van der Waals surface area contributed by atoms with Gasteiger partial charge < -0.3 is 11.1 Å². The number of pyridine rings is 1. The molecule has 2 atom stereocenters.